The Hall–Kier alpha value is -1.39. The van der Waals surface area contributed by atoms with Gasteiger partial charge in [-0.1, -0.05) is 30.3 Å². The van der Waals surface area contributed by atoms with Crippen molar-refractivity contribution in [2.45, 2.75) is 31.5 Å². The molecule has 18 heavy (non-hydrogen) atoms. The summed E-state index contributed by atoms with van der Waals surface area (Å²) < 4.78 is 10.5. The summed E-state index contributed by atoms with van der Waals surface area (Å²) in [6.45, 7) is 2.53. The Kier molecular flexibility index (Phi) is 3.99. The molecule has 1 aliphatic rings. The number of ether oxygens (including phenoxy) is 2. The maximum atomic E-state index is 12.1. The van der Waals surface area contributed by atoms with Crippen molar-refractivity contribution in [3.05, 3.63) is 35.9 Å². The fourth-order valence-electron chi connectivity index (χ4n) is 2.28. The third kappa shape index (κ3) is 2.26. The summed E-state index contributed by atoms with van der Waals surface area (Å²) in [5.74, 6) is -0.636. The lowest BCUT2D eigenvalue weighted by Crippen LogP contribution is -2.47. The van der Waals surface area contributed by atoms with Crippen molar-refractivity contribution in [3.63, 3.8) is 0 Å². The van der Waals surface area contributed by atoms with Crippen LogP contribution in [-0.2, 0) is 19.9 Å². The summed E-state index contributed by atoms with van der Waals surface area (Å²) in [5, 5.41) is 10.8. The molecule has 0 saturated carbocycles. The molecule has 0 radical (unpaired) electrons. The van der Waals surface area contributed by atoms with Crippen LogP contribution in [0, 0.1) is 0 Å². The first kappa shape index (κ1) is 13.1. The molecule has 4 heteroatoms. The predicted molar refractivity (Wildman–Crippen MR) is 65.9 cm³/mol. The first-order valence-corrected chi connectivity index (χ1v) is 6.26. The second-order valence-electron chi connectivity index (χ2n) is 4.35. The summed E-state index contributed by atoms with van der Waals surface area (Å²) in [7, 11) is 0. The SMILES string of the molecule is CCOC(=O)C(O)(c1ccccc1)C1CCCO1. The second-order valence-corrected chi connectivity index (χ2v) is 4.35. The number of carbonyl (C=O) groups is 1. The van der Waals surface area contributed by atoms with Gasteiger partial charge in [0, 0.05) is 6.61 Å². The van der Waals surface area contributed by atoms with E-state index < -0.39 is 17.7 Å². The van der Waals surface area contributed by atoms with E-state index in [9.17, 15) is 9.90 Å². The van der Waals surface area contributed by atoms with Crippen LogP contribution in [-0.4, -0.2) is 30.4 Å². The molecule has 1 saturated heterocycles. The molecule has 98 valence electrons. The van der Waals surface area contributed by atoms with Gasteiger partial charge in [-0.05, 0) is 25.3 Å². The highest BCUT2D eigenvalue weighted by Gasteiger charge is 2.49. The van der Waals surface area contributed by atoms with Gasteiger partial charge in [-0.15, -0.1) is 0 Å². The number of carbonyl (C=O) groups excluding carboxylic acids is 1. The molecule has 1 N–H and O–H groups in total. The van der Waals surface area contributed by atoms with E-state index in [2.05, 4.69) is 0 Å². The van der Waals surface area contributed by atoms with Crippen LogP contribution >= 0.6 is 0 Å². The zero-order valence-corrected chi connectivity index (χ0v) is 10.5. The summed E-state index contributed by atoms with van der Waals surface area (Å²) in [4.78, 5) is 12.1. The largest absolute Gasteiger partial charge is 0.464 e. The van der Waals surface area contributed by atoms with Crippen molar-refractivity contribution in [2.75, 3.05) is 13.2 Å². The molecule has 0 amide bonds. The molecule has 1 aromatic rings. The molecule has 2 atom stereocenters. The van der Waals surface area contributed by atoms with Crippen molar-refractivity contribution in [1.82, 2.24) is 0 Å². The van der Waals surface area contributed by atoms with Gasteiger partial charge in [-0.2, -0.15) is 0 Å². The number of rotatable bonds is 4. The Morgan fingerprint density at radius 3 is 2.78 bits per heavy atom. The van der Waals surface area contributed by atoms with Crippen molar-refractivity contribution < 1.29 is 19.4 Å². The first-order chi connectivity index (χ1) is 8.69. The Labute approximate surface area is 107 Å². The van der Waals surface area contributed by atoms with Crippen LogP contribution in [0.25, 0.3) is 0 Å². The monoisotopic (exact) mass is 250 g/mol. The molecule has 1 heterocycles. The highest BCUT2D eigenvalue weighted by molar-refractivity contribution is 5.82. The number of esters is 1. The highest BCUT2D eigenvalue weighted by Crippen LogP contribution is 2.34. The van der Waals surface area contributed by atoms with Crippen molar-refractivity contribution >= 4 is 5.97 Å². The Morgan fingerprint density at radius 1 is 1.50 bits per heavy atom. The van der Waals surface area contributed by atoms with Crippen molar-refractivity contribution in [3.8, 4) is 0 Å². The van der Waals surface area contributed by atoms with E-state index >= 15 is 0 Å². The number of benzene rings is 1. The van der Waals surface area contributed by atoms with E-state index in [4.69, 9.17) is 9.47 Å². The molecule has 4 nitrogen and oxygen atoms in total. The predicted octanol–water partition coefficient (Wildman–Crippen LogP) is 1.62. The lowest BCUT2D eigenvalue weighted by molar-refractivity contribution is -0.181. The molecule has 0 bridgehead atoms. The van der Waals surface area contributed by atoms with Crippen LogP contribution in [0.2, 0.25) is 0 Å². The molecule has 1 fully saturated rings. The molecular weight excluding hydrogens is 232 g/mol. The quantitative estimate of drug-likeness (QED) is 0.825. The maximum Gasteiger partial charge on any atom is 0.345 e. The smallest absolute Gasteiger partial charge is 0.345 e. The third-order valence-corrected chi connectivity index (χ3v) is 3.20. The van der Waals surface area contributed by atoms with E-state index in [1.54, 1.807) is 31.2 Å². The van der Waals surface area contributed by atoms with E-state index in [-0.39, 0.29) is 6.61 Å². The van der Waals surface area contributed by atoms with Crippen LogP contribution in [0.1, 0.15) is 25.3 Å². The zero-order valence-electron chi connectivity index (χ0n) is 10.5. The minimum Gasteiger partial charge on any atom is -0.464 e. The van der Waals surface area contributed by atoms with E-state index in [0.717, 1.165) is 6.42 Å². The zero-order chi connectivity index (χ0) is 13.0. The number of hydrogen-bond acceptors (Lipinski definition) is 4. The summed E-state index contributed by atoms with van der Waals surface area (Å²) in [5.41, 5.74) is -1.18. The van der Waals surface area contributed by atoms with Crippen LogP contribution in [0.4, 0.5) is 0 Å². The molecule has 0 spiro atoms. The molecule has 0 aliphatic carbocycles. The van der Waals surface area contributed by atoms with Gasteiger partial charge in [0.1, 0.15) is 6.10 Å². The summed E-state index contributed by atoms with van der Waals surface area (Å²) in [6.07, 6.45) is 0.975. The van der Waals surface area contributed by atoms with E-state index in [0.29, 0.717) is 18.6 Å². The standard InChI is InChI=1S/C14H18O4/c1-2-17-13(15)14(16,12-9-6-10-18-12)11-7-4-3-5-8-11/h3-5,7-8,12,16H,2,6,9-10H2,1H3. The average molecular weight is 250 g/mol. The van der Waals surface area contributed by atoms with Crippen molar-refractivity contribution in [2.24, 2.45) is 0 Å². The topological polar surface area (TPSA) is 55.8 Å². The van der Waals surface area contributed by atoms with Gasteiger partial charge in [0.15, 0.2) is 0 Å². The van der Waals surface area contributed by atoms with Gasteiger partial charge in [-0.25, -0.2) is 4.79 Å². The number of hydrogen-bond donors (Lipinski definition) is 1. The molecular formula is C14H18O4. The van der Waals surface area contributed by atoms with Crippen molar-refractivity contribution in [1.29, 1.82) is 0 Å². The molecule has 0 aromatic heterocycles. The normalized spacial score (nSPS) is 22.4. The van der Waals surface area contributed by atoms with Crippen LogP contribution in [0.15, 0.2) is 30.3 Å². The fourth-order valence-corrected chi connectivity index (χ4v) is 2.28. The van der Waals surface area contributed by atoms with Crippen LogP contribution in [0.3, 0.4) is 0 Å². The van der Waals surface area contributed by atoms with Gasteiger partial charge in [0.2, 0.25) is 5.60 Å². The van der Waals surface area contributed by atoms with Crippen LogP contribution < -0.4 is 0 Å². The summed E-state index contributed by atoms with van der Waals surface area (Å²) in [6, 6.07) is 8.85. The highest BCUT2D eigenvalue weighted by atomic mass is 16.6. The Morgan fingerprint density at radius 2 is 2.22 bits per heavy atom. The van der Waals surface area contributed by atoms with Gasteiger partial charge in [-0.3, -0.25) is 0 Å². The summed E-state index contributed by atoms with van der Waals surface area (Å²) >= 11 is 0. The first-order valence-electron chi connectivity index (χ1n) is 6.26. The van der Waals surface area contributed by atoms with Gasteiger partial charge < -0.3 is 14.6 Å². The number of aliphatic hydroxyl groups is 1. The Balaban J connectivity index is 2.35. The fraction of sp³-hybridized carbons (Fsp3) is 0.500. The maximum absolute atomic E-state index is 12.1. The molecule has 2 rings (SSSR count). The minimum absolute atomic E-state index is 0.237. The lowest BCUT2D eigenvalue weighted by atomic mass is 9.86. The average Bonchev–Trinajstić information content (AvgIpc) is 2.93. The van der Waals surface area contributed by atoms with E-state index in [1.165, 1.54) is 0 Å². The second kappa shape index (κ2) is 5.50. The minimum atomic E-state index is -1.70. The Bertz CT molecular complexity index is 398. The molecule has 1 aromatic carbocycles. The van der Waals surface area contributed by atoms with Gasteiger partial charge >= 0.3 is 5.97 Å². The lowest BCUT2D eigenvalue weighted by Gasteiger charge is -2.31. The molecule has 1 aliphatic heterocycles. The van der Waals surface area contributed by atoms with E-state index in [1.807, 2.05) is 6.07 Å². The van der Waals surface area contributed by atoms with Gasteiger partial charge in [0.25, 0.3) is 0 Å². The van der Waals surface area contributed by atoms with Gasteiger partial charge in [0.05, 0.1) is 6.61 Å². The molecule has 2 unspecified atom stereocenters. The van der Waals surface area contributed by atoms with Crippen LogP contribution in [0.5, 0.6) is 0 Å². The third-order valence-electron chi connectivity index (χ3n) is 3.20.